The molecule has 2 N–H and O–H groups in total. The largest absolute Gasteiger partial charge is 0.379 e. The average Bonchev–Trinajstić information content (AvgIpc) is 2.35. The van der Waals surface area contributed by atoms with Crippen molar-refractivity contribution in [2.75, 3.05) is 45.8 Å². The Kier molecular flexibility index (Phi) is 9.85. The van der Waals surface area contributed by atoms with Crippen LogP contribution in [0.2, 0.25) is 0 Å². The van der Waals surface area contributed by atoms with Gasteiger partial charge in [0.1, 0.15) is 0 Å². The molecule has 0 radical (unpaired) electrons. The number of sulfonamides is 1. The van der Waals surface area contributed by atoms with Gasteiger partial charge in [0.25, 0.3) is 0 Å². The zero-order chi connectivity index (χ0) is 13.9. The van der Waals surface area contributed by atoms with Crippen molar-refractivity contribution in [2.45, 2.75) is 13.3 Å². The van der Waals surface area contributed by atoms with Crippen LogP contribution in [0.4, 0.5) is 0 Å². The van der Waals surface area contributed by atoms with Crippen LogP contribution >= 0.6 is 0 Å². The van der Waals surface area contributed by atoms with Crippen molar-refractivity contribution in [3.05, 3.63) is 0 Å². The monoisotopic (exact) mass is 282 g/mol. The fourth-order valence-electron chi connectivity index (χ4n) is 1.04. The van der Waals surface area contributed by atoms with Crippen LogP contribution in [0.25, 0.3) is 0 Å². The Bertz CT molecular complexity index is 318. The third-order valence-corrected chi connectivity index (χ3v) is 3.42. The van der Waals surface area contributed by atoms with Crippen LogP contribution in [0, 0.1) is 0 Å². The van der Waals surface area contributed by atoms with E-state index >= 15 is 0 Å². The van der Waals surface area contributed by atoms with Gasteiger partial charge in [-0.25, -0.2) is 13.1 Å². The summed E-state index contributed by atoms with van der Waals surface area (Å²) in [5.41, 5.74) is 0. The van der Waals surface area contributed by atoms with Gasteiger partial charge < -0.3 is 14.8 Å². The number of carbonyl (C=O) groups excluding carboxylic acids is 1. The summed E-state index contributed by atoms with van der Waals surface area (Å²) >= 11 is 0. The number of carbonyl (C=O) groups is 1. The Balaban J connectivity index is 3.43. The predicted molar refractivity (Wildman–Crippen MR) is 67.8 cm³/mol. The molecule has 108 valence electrons. The number of nitrogens with one attached hydrogen (secondary N) is 2. The molecule has 0 aromatic rings. The van der Waals surface area contributed by atoms with Crippen molar-refractivity contribution < 1.29 is 22.7 Å². The molecule has 0 aliphatic heterocycles. The van der Waals surface area contributed by atoms with Crippen molar-refractivity contribution in [3.8, 4) is 0 Å². The topological polar surface area (TPSA) is 93.7 Å². The SMILES string of the molecule is CCOCCOCCNC(=O)CCS(=O)(=O)NC. The van der Waals surface area contributed by atoms with E-state index in [0.29, 0.717) is 33.0 Å². The van der Waals surface area contributed by atoms with E-state index < -0.39 is 10.0 Å². The van der Waals surface area contributed by atoms with Crippen molar-refractivity contribution in [3.63, 3.8) is 0 Å². The minimum Gasteiger partial charge on any atom is -0.379 e. The minimum absolute atomic E-state index is 0.0535. The summed E-state index contributed by atoms with van der Waals surface area (Å²) in [4.78, 5) is 11.3. The van der Waals surface area contributed by atoms with Crippen molar-refractivity contribution in [2.24, 2.45) is 0 Å². The van der Waals surface area contributed by atoms with Gasteiger partial charge in [-0.15, -0.1) is 0 Å². The van der Waals surface area contributed by atoms with Gasteiger partial charge in [0.15, 0.2) is 0 Å². The van der Waals surface area contributed by atoms with E-state index in [-0.39, 0.29) is 18.1 Å². The van der Waals surface area contributed by atoms with Gasteiger partial charge in [-0.1, -0.05) is 0 Å². The maximum Gasteiger partial charge on any atom is 0.221 e. The summed E-state index contributed by atoms with van der Waals surface area (Å²) in [7, 11) is -2.00. The molecule has 7 nitrogen and oxygen atoms in total. The lowest BCUT2D eigenvalue weighted by Crippen LogP contribution is -2.31. The molecule has 0 unspecified atom stereocenters. The third kappa shape index (κ3) is 10.5. The highest BCUT2D eigenvalue weighted by Crippen LogP contribution is 1.88. The van der Waals surface area contributed by atoms with Gasteiger partial charge in [0, 0.05) is 19.6 Å². The van der Waals surface area contributed by atoms with Gasteiger partial charge in [0.2, 0.25) is 15.9 Å². The Morgan fingerprint density at radius 3 is 2.44 bits per heavy atom. The highest BCUT2D eigenvalue weighted by molar-refractivity contribution is 7.89. The number of ether oxygens (including phenoxy) is 2. The van der Waals surface area contributed by atoms with Gasteiger partial charge >= 0.3 is 0 Å². The Morgan fingerprint density at radius 2 is 1.83 bits per heavy atom. The number of hydrogen-bond donors (Lipinski definition) is 2. The lowest BCUT2D eigenvalue weighted by Gasteiger charge is -2.06. The molecule has 0 aromatic carbocycles. The molecular formula is C10H22N2O5S. The standard InChI is InChI=1S/C10H22N2O5S/c1-3-16-7-8-17-6-5-12-10(13)4-9-18(14,15)11-2/h11H,3-9H2,1-2H3,(H,12,13). The number of amides is 1. The average molecular weight is 282 g/mol. The van der Waals surface area contributed by atoms with Gasteiger partial charge in [0.05, 0.1) is 25.6 Å². The summed E-state index contributed by atoms with van der Waals surface area (Å²) in [6.07, 6.45) is -0.0535. The van der Waals surface area contributed by atoms with E-state index in [1.165, 1.54) is 7.05 Å². The van der Waals surface area contributed by atoms with Crippen molar-refractivity contribution in [1.29, 1.82) is 0 Å². The van der Waals surface area contributed by atoms with Crippen LogP contribution in [-0.2, 0) is 24.3 Å². The van der Waals surface area contributed by atoms with E-state index in [1.807, 2.05) is 6.92 Å². The summed E-state index contributed by atoms with van der Waals surface area (Å²) in [5.74, 6) is -0.511. The minimum atomic E-state index is -3.32. The van der Waals surface area contributed by atoms with Crippen molar-refractivity contribution in [1.82, 2.24) is 10.0 Å². The first-order chi connectivity index (χ1) is 8.52. The molecule has 0 bridgehead atoms. The molecule has 0 heterocycles. The predicted octanol–water partition coefficient (Wildman–Crippen LogP) is -0.905. The molecule has 8 heteroatoms. The molecule has 0 rings (SSSR count). The summed E-state index contributed by atoms with van der Waals surface area (Å²) in [6.45, 7) is 4.32. The fourth-order valence-corrected chi connectivity index (χ4v) is 1.70. The first-order valence-electron chi connectivity index (χ1n) is 5.85. The van der Waals surface area contributed by atoms with E-state index in [4.69, 9.17) is 9.47 Å². The molecule has 1 amide bonds. The van der Waals surface area contributed by atoms with E-state index in [2.05, 4.69) is 10.0 Å². The number of rotatable bonds is 11. The van der Waals surface area contributed by atoms with Crippen LogP contribution in [0.1, 0.15) is 13.3 Å². The molecule has 18 heavy (non-hydrogen) atoms. The maximum absolute atomic E-state index is 11.3. The van der Waals surface area contributed by atoms with Crippen LogP contribution in [0.15, 0.2) is 0 Å². The Morgan fingerprint density at radius 1 is 1.17 bits per heavy atom. The Labute approximate surface area is 108 Å². The van der Waals surface area contributed by atoms with Gasteiger partial charge in [-0.3, -0.25) is 4.79 Å². The van der Waals surface area contributed by atoms with Crippen LogP contribution in [-0.4, -0.2) is 60.1 Å². The fraction of sp³-hybridized carbons (Fsp3) is 0.900. The quantitative estimate of drug-likeness (QED) is 0.479. The van der Waals surface area contributed by atoms with Crippen LogP contribution in [0.3, 0.4) is 0 Å². The zero-order valence-electron chi connectivity index (χ0n) is 10.9. The molecule has 0 spiro atoms. The number of hydrogen-bond acceptors (Lipinski definition) is 5. The molecule has 0 fully saturated rings. The summed E-state index contributed by atoms with van der Waals surface area (Å²) in [5, 5.41) is 2.57. The molecule has 0 saturated heterocycles. The zero-order valence-corrected chi connectivity index (χ0v) is 11.7. The second kappa shape index (κ2) is 10.2. The smallest absolute Gasteiger partial charge is 0.221 e. The highest BCUT2D eigenvalue weighted by Gasteiger charge is 2.10. The van der Waals surface area contributed by atoms with E-state index in [0.717, 1.165) is 0 Å². The van der Waals surface area contributed by atoms with Crippen LogP contribution in [0.5, 0.6) is 0 Å². The second-order valence-corrected chi connectivity index (χ2v) is 5.48. The third-order valence-electron chi connectivity index (χ3n) is 2.05. The van der Waals surface area contributed by atoms with Gasteiger partial charge in [-0.2, -0.15) is 0 Å². The van der Waals surface area contributed by atoms with Gasteiger partial charge in [-0.05, 0) is 14.0 Å². The molecule has 0 aromatic heterocycles. The van der Waals surface area contributed by atoms with Crippen molar-refractivity contribution >= 4 is 15.9 Å². The van der Waals surface area contributed by atoms with E-state index in [1.54, 1.807) is 0 Å². The molecule has 0 atom stereocenters. The van der Waals surface area contributed by atoms with Crippen LogP contribution < -0.4 is 10.0 Å². The normalized spacial score (nSPS) is 11.4. The highest BCUT2D eigenvalue weighted by atomic mass is 32.2. The molecule has 0 saturated carbocycles. The molecule has 0 aliphatic rings. The second-order valence-electron chi connectivity index (χ2n) is 3.43. The lowest BCUT2D eigenvalue weighted by atomic mass is 10.4. The summed E-state index contributed by atoms with van der Waals surface area (Å²) in [6, 6.07) is 0. The molecule has 0 aliphatic carbocycles. The summed E-state index contributed by atoms with van der Waals surface area (Å²) < 4.78 is 34.5. The first-order valence-corrected chi connectivity index (χ1v) is 7.50. The lowest BCUT2D eigenvalue weighted by molar-refractivity contribution is -0.120. The van der Waals surface area contributed by atoms with E-state index in [9.17, 15) is 13.2 Å². The molecular weight excluding hydrogens is 260 g/mol. The maximum atomic E-state index is 11.3. The first kappa shape index (κ1) is 17.3. The Hall–Kier alpha value is -0.700.